The third-order valence-electron chi connectivity index (χ3n) is 8.25. The second-order valence-corrected chi connectivity index (χ2v) is 10.6. The van der Waals surface area contributed by atoms with Crippen LogP contribution < -0.4 is 10.5 Å². The van der Waals surface area contributed by atoms with E-state index in [-0.39, 0.29) is 17.6 Å². The number of nitrogens with zero attached hydrogens (tertiary/aromatic N) is 6. The molecule has 0 unspecified atom stereocenters. The molecule has 0 radical (unpaired) electrons. The average molecular weight is 498 g/mol. The minimum atomic E-state index is -0.303. The van der Waals surface area contributed by atoms with Crippen LogP contribution in [0.15, 0.2) is 53.3 Å². The number of para-hydroxylation sites is 1. The molecule has 0 bridgehead atoms. The van der Waals surface area contributed by atoms with E-state index in [0.717, 1.165) is 72.4 Å². The number of aromatic nitrogens is 5. The Morgan fingerprint density at radius 1 is 0.919 bits per heavy atom. The number of piperazine rings is 1. The lowest BCUT2D eigenvalue weighted by Gasteiger charge is -2.40. The smallest absolute Gasteiger partial charge is 0.253 e. The molecule has 1 saturated heterocycles. The summed E-state index contributed by atoms with van der Waals surface area (Å²) in [6, 6.07) is 16.8. The van der Waals surface area contributed by atoms with Crippen molar-refractivity contribution in [1.29, 1.82) is 0 Å². The van der Waals surface area contributed by atoms with Gasteiger partial charge in [-0.1, -0.05) is 49.6 Å². The van der Waals surface area contributed by atoms with E-state index in [1.165, 1.54) is 24.9 Å². The Balaban J connectivity index is 1.42. The fourth-order valence-electron chi connectivity index (χ4n) is 6.14. The quantitative estimate of drug-likeness (QED) is 0.436. The summed E-state index contributed by atoms with van der Waals surface area (Å²) in [6.07, 6.45) is 5.82. The highest BCUT2D eigenvalue weighted by molar-refractivity contribution is 5.85. The molecule has 4 aromatic rings. The van der Waals surface area contributed by atoms with Crippen molar-refractivity contribution >= 4 is 16.6 Å². The maximum absolute atomic E-state index is 13.7. The van der Waals surface area contributed by atoms with E-state index in [0.29, 0.717) is 0 Å². The molecule has 2 aromatic carbocycles. The van der Waals surface area contributed by atoms with Crippen LogP contribution in [-0.2, 0) is 0 Å². The third-order valence-corrected chi connectivity index (χ3v) is 8.25. The first kappa shape index (κ1) is 23.9. The monoisotopic (exact) mass is 497 g/mol. The van der Waals surface area contributed by atoms with Gasteiger partial charge in [-0.05, 0) is 66.4 Å². The van der Waals surface area contributed by atoms with E-state index in [2.05, 4.69) is 85.8 Å². The maximum atomic E-state index is 13.7. The van der Waals surface area contributed by atoms with E-state index >= 15 is 0 Å². The number of H-pyrrole nitrogens is 1. The molecule has 2 aromatic heterocycles. The Hall–Kier alpha value is -3.52. The summed E-state index contributed by atoms with van der Waals surface area (Å²) in [6.45, 7) is 7.55. The van der Waals surface area contributed by atoms with Gasteiger partial charge >= 0.3 is 0 Å². The van der Waals surface area contributed by atoms with Crippen LogP contribution in [0.25, 0.3) is 10.9 Å². The Bertz CT molecular complexity index is 1430. The summed E-state index contributed by atoms with van der Waals surface area (Å²) in [5, 5.41) is 14.3. The Kier molecular flexibility index (Phi) is 6.50. The van der Waals surface area contributed by atoms with Gasteiger partial charge in [0.05, 0.1) is 11.6 Å². The fraction of sp³-hybridized carbons (Fsp3) is 0.448. The normalized spacial score (nSPS) is 18.4. The number of nitrogens with one attached hydrogen (secondary N) is 1. The van der Waals surface area contributed by atoms with Crippen LogP contribution in [0.3, 0.4) is 0 Å². The molecule has 1 aliphatic carbocycles. The molecule has 37 heavy (non-hydrogen) atoms. The van der Waals surface area contributed by atoms with Gasteiger partial charge in [0.1, 0.15) is 6.04 Å². The number of rotatable bonds is 5. The van der Waals surface area contributed by atoms with Gasteiger partial charge in [0.25, 0.3) is 5.56 Å². The fourth-order valence-corrected chi connectivity index (χ4v) is 6.14. The zero-order chi connectivity index (χ0) is 25.4. The number of hydrogen-bond donors (Lipinski definition) is 1. The lowest BCUT2D eigenvalue weighted by Crippen LogP contribution is -2.49. The lowest BCUT2D eigenvalue weighted by molar-refractivity contribution is 0.192. The van der Waals surface area contributed by atoms with Crippen LogP contribution in [0.2, 0.25) is 0 Å². The summed E-state index contributed by atoms with van der Waals surface area (Å²) in [4.78, 5) is 21.7. The first-order valence-corrected chi connectivity index (χ1v) is 13.5. The van der Waals surface area contributed by atoms with Crippen molar-refractivity contribution in [3.8, 4) is 0 Å². The average Bonchev–Trinajstić information content (AvgIpc) is 3.42. The van der Waals surface area contributed by atoms with Crippen LogP contribution >= 0.6 is 0 Å². The number of benzene rings is 2. The van der Waals surface area contributed by atoms with Gasteiger partial charge < -0.3 is 9.88 Å². The van der Waals surface area contributed by atoms with Gasteiger partial charge in [-0.2, -0.15) is 0 Å². The molecule has 0 amide bonds. The van der Waals surface area contributed by atoms with Crippen molar-refractivity contribution in [2.24, 2.45) is 0 Å². The number of hydrogen-bond acceptors (Lipinski definition) is 6. The van der Waals surface area contributed by atoms with Crippen molar-refractivity contribution in [3.63, 3.8) is 0 Å². The van der Waals surface area contributed by atoms with Gasteiger partial charge in [0, 0.05) is 42.8 Å². The van der Waals surface area contributed by atoms with Gasteiger partial charge in [-0.3, -0.25) is 9.69 Å². The molecule has 6 rings (SSSR count). The second kappa shape index (κ2) is 10.1. The Morgan fingerprint density at radius 2 is 1.65 bits per heavy atom. The summed E-state index contributed by atoms with van der Waals surface area (Å²) >= 11 is 0. The molecule has 8 nitrogen and oxygen atoms in total. The summed E-state index contributed by atoms with van der Waals surface area (Å²) in [5.41, 5.74) is 5.03. The summed E-state index contributed by atoms with van der Waals surface area (Å²) in [5.74, 6) is 0.787. The molecule has 8 heteroatoms. The molecular weight excluding hydrogens is 462 g/mol. The number of tetrazole rings is 1. The first-order valence-electron chi connectivity index (χ1n) is 13.5. The zero-order valence-corrected chi connectivity index (χ0v) is 21.7. The number of aromatic amines is 1. The van der Waals surface area contributed by atoms with Crippen molar-refractivity contribution < 1.29 is 0 Å². The predicted molar refractivity (Wildman–Crippen MR) is 146 cm³/mol. The van der Waals surface area contributed by atoms with Crippen molar-refractivity contribution in [3.05, 3.63) is 81.4 Å². The van der Waals surface area contributed by atoms with E-state index in [1.54, 1.807) is 0 Å². The number of anilines is 1. The van der Waals surface area contributed by atoms with Gasteiger partial charge in [-0.25, -0.2) is 4.68 Å². The van der Waals surface area contributed by atoms with E-state index in [9.17, 15) is 4.79 Å². The molecule has 192 valence electrons. The maximum Gasteiger partial charge on any atom is 0.253 e. The van der Waals surface area contributed by atoms with Gasteiger partial charge in [0.15, 0.2) is 5.82 Å². The highest BCUT2D eigenvalue weighted by Crippen LogP contribution is 2.34. The molecule has 0 spiro atoms. The van der Waals surface area contributed by atoms with Gasteiger partial charge in [-0.15, -0.1) is 5.10 Å². The van der Waals surface area contributed by atoms with Crippen LogP contribution in [0.5, 0.6) is 0 Å². The van der Waals surface area contributed by atoms with Gasteiger partial charge in [0.2, 0.25) is 0 Å². The minimum Gasteiger partial charge on any atom is -0.369 e. The van der Waals surface area contributed by atoms with Crippen molar-refractivity contribution in [1.82, 2.24) is 30.1 Å². The molecular formula is C29H35N7O. The molecule has 1 aliphatic heterocycles. The molecule has 3 heterocycles. The molecule has 2 aliphatic rings. The largest absolute Gasteiger partial charge is 0.369 e. The Labute approximate surface area is 217 Å². The summed E-state index contributed by atoms with van der Waals surface area (Å²) in [7, 11) is 0. The van der Waals surface area contributed by atoms with E-state index < -0.39 is 0 Å². The minimum absolute atomic E-state index is 0.0603. The zero-order valence-electron chi connectivity index (χ0n) is 21.7. The lowest BCUT2D eigenvalue weighted by atomic mass is 9.94. The second-order valence-electron chi connectivity index (χ2n) is 10.6. The molecule has 1 atom stereocenters. The van der Waals surface area contributed by atoms with Crippen LogP contribution in [0.4, 0.5) is 5.69 Å². The van der Waals surface area contributed by atoms with Crippen molar-refractivity contribution in [2.45, 2.75) is 58.0 Å². The van der Waals surface area contributed by atoms with Crippen LogP contribution in [-0.4, -0.2) is 56.3 Å². The first-order chi connectivity index (χ1) is 18.1. The summed E-state index contributed by atoms with van der Waals surface area (Å²) < 4.78 is 2.03. The highest BCUT2D eigenvalue weighted by atomic mass is 16.1. The highest BCUT2D eigenvalue weighted by Gasteiger charge is 2.34. The van der Waals surface area contributed by atoms with Crippen molar-refractivity contribution in [2.75, 3.05) is 31.1 Å². The number of aryl methyl sites for hydroxylation is 2. The number of fused-ring (bicyclic) bond motifs is 1. The SMILES string of the molecule is Cc1ccc(C)c2[nH]c(=O)c([C@@H](c3nnnn3C3CCCCC3)N3CCN(c4ccccc4)CC3)cc12. The number of pyridine rings is 1. The predicted octanol–water partition coefficient (Wildman–Crippen LogP) is 4.55. The topological polar surface area (TPSA) is 82.9 Å². The van der Waals surface area contributed by atoms with E-state index in [1.807, 2.05) is 11.6 Å². The molecule has 2 fully saturated rings. The van der Waals surface area contributed by atoms with Crippen LogP contribution in [0.1, 0.15) is 66.7 Å². The third kappa shape index (κ3) is 4.55. The standard InChI is InChI=1S/C29H35N7O/c1-20-13-14-21(2)26-24(20)19-25(29(37)30-26)27(28-31-32-33-36(28)23-11-7-4-8-12-23)35-17-15-34(16-18-35)22-9-5-3-6-10-22/h3,5-6,9-10,13-14,19,23,27H,4,7-8,11-12,15-18H2,1-2H3,(H,30,37)/t27-/m0/s1. The van der Waals surface area contributed by atoms with E-state index in [4.69, 9.17) is 0 Å². The Morgan fingerprint density at radius 3 is 2.41 bits per heavy atom. The van der Waals surface area contributed by atoms with Crippen LogP contribution in [0, 0.1) is 13.8 Å². The molecule has 1 N–H and O–H groups in total. The molecule has 1 saturated carbocycles.